The fraction of sp³-hybridized carbons (Fsp3) is 0.737. The minimum atomic E-state index is -0.555. The third-order valence-electron chi connectivity index (χ3n) is 5.70. The first-order valence-corrected chi connectivity index (χ1v) is 9.71. The highest BCUT2D eigenvalue weighted by Crippen LogP contribution is 2.49. The van der Waals surface area contributed by atoms with Crippen molar-refractivity contribution in [1.82, 2.24) is 19.6 Å². The smallest absolute Gasteiger partial charge is 0.410 e. The van der Waals surface area contributed by atoms with E-state index in [4.69, 9.17) is 4.74 Å². The lowest BCUT2D eigenvalue weighted by molar-refractivity contribution is 0.0179. The van der Waals surface area contributed by atoms with Crippen molar-refractivity contribution in [1.29, 1.82) is 0 Å². The Morgan fingerprint density at radius 1 is 1.26 bits per heavy atom. The van der Waals surface area contributed by atoms with Crippen molar-refractivity contribution < 1.29 is 19.4 Å². The molecule has 1 saturated carbocycles. The van der Waals surface area contributed by atoms with Crippen LogP contribution in [0, 0.1) is 0 Å². The second-order valence-electron chi connectivity index (χ2n) is 8.96. The number of aromatic nitrogens is 2. The molecule has 8 heteroatoms. The van der Waals surface area contributed by atoms with Crippen molar-refractivity contribution in [3.63, 3.8) is 0 Å². The van der Waals surface area contributed by atoms with E-state index in [0.29, 0.717) is 44.6 Å². The van der Waals surface area contributed by atoms with Gasteiger partial charge in [0.25, 0.3) is 5.91 Å². The molecule has 4 rings (SSSR count). The third-order valence-corrected chi connectivity index (χ3v) is 5.70. The number of likely N-dealkylation sites (tertiary alicyclic amines) is 1. The normalized spacial score (nSPS) is 23.9. The van der Waals surface area contributed by atoms with Crippen molar-refractivity contribution in [2.45, 2.75) is 76.8 Å². The van der Waals surface area contributed by atoms with Crippen LogP contribution in [0.4, 0.5) is 4.79 Å². The van der Waals surface area contributed by atoms with E-state index < -0.39 is 5.60 Å². The van der Waals surface area contributed by atoms with Gasteiger partial charge in [0.15, 0.2) is 0 Å². The number of aliphatic hydroxyl groups excluding tert-OH is 1. The number of nitrogens with zero attached hydrogens (tertiary/aromatic N) is 4. The Bertz CT molecular complexity index is 762. The van der Waals surface area contributed by atoms with Crippen molar-refractivity contribution in [3.05, 3.63) is 17.5 Å². The number of amides is 2. The van der Waals surface area contributed by atoms with E-state index in [1.807, 2.05) is 30.4 Å². The van der Waals surface area contributed by atoms with Crippen LogP contribution in [0.3, 0.4) is 0 Å². The Morgan fingerprint density at radius 3 is 2.67 bits per heavy atom. The molecule has 2 amide bonds. The largest absolute Gasteiger partial charge is 0.444 e. The summed E-state index contributed by atoms with van der Waals surface area (Å²) in [6.07, 6.45) is 4.10. The first-order chi connectivity index (χ1) is 12.7. The number of carbonyl (C=O) groups excluding carboxylic acids is 2. The van der Waals surface area contributed by atoms with Crippen LogP contribution in [0.1, 0.15) is 62.5 Å². The van der Waals surface area contributed by atoms with Crippen LogP contribution in [0.15, 0.2) is 6.20 Å². The second-order valence-corrected chi connectivity index (χ2v) is 8.96. The molecule has 1 N–H and O–H groups in total. The fourth-order valence-electron chi connectivity index (χ4n) is 4.15. The van der Waals surface area contributed by atoms with Gasteiger partial charge < -0.3 is 19.6 Å². The van der Waals surface area contributed by atoms with Crippen LogP contribution >= 0.6 is 0 Å². The van der Waals surface area contributed by atoms with Gasteiger partial charge in [0.05, 0.1) is 36.6 Å². The van der Waals surface area contributed by atoms with E-state index in [1.165, 1.54) is 0 Å². The van der Waals surface area contributed by atoms with Gasteiger partial charge >= 0.3 is 6.09 Å². The summed E-state index contributed by atoms with van der Waals surface area (Å²) in [6, 6.07) is 0. The molecule has 3 aliphatic rings. The number of hydrogen-bond donors (Lipinski definition) is 1. The number of fused-ring (bicyclic) bond motifs is 1. The van der Waals surface area contributed by atoms with Gasteiger partial charge in [-0.1, -0.05) is 0 Å². The van der Waals surface area contributed by atoms with Gasteiger partial charge in [-0.2, -0.15) is 5.10 Å². The summed E-state index contributed by atoms with van der Waals surface area (Å²) in [4.78, 5) is 29.2. The first-order valence-electron chi connectivity index (χ1n) is 9.71. The van der Waals surface area contributed by atoms with Crippen LogP contribution < -0.4 is 0 Å². The van der Waals surface area contributed by atoms with Crippen molar-refractivity contribution >= 4 is 12.0 Å². The topological polar surface area (TPSA) is 87.9 Å². The highest BCUT2D eigenvalue weighted by atomic mass is 16.6. The summed E-state index contributed by atoms with van der Waals surface area (Å²) >= 11 is 0. The fourth-order valence-corrected chi connectivity index (χ4v) is 4.15. The molecule has 1 aromatic rings. The SMILES string of the molecule is CC(C)(C)OC(=O)N1CCn2ncc(C(=O)N3CCC(O)CC34CC4)c2C1. The summed E-state index contributed by atoms with van der Waals surface area (Å²) in [6.45, 7) is 7.47. The van der Waals surface area contributed by atoms with Crippen molar-refractivity contribution in [2.75, 3.05) is 13.1 Å². The maximum Gasteiger partial charge on any atom is 0.410 e. The number of ether oxygens (including phenoxy) is 1. The molecule has 1 unspecified atom stereocenters. The van der Waals surface area contributed by atoms with E-state index in [9.17, 15) is 14.7 Å². The lowest BCUT2D eigenvalue weighted by atomic mass is 9.96. The predicted molar refractivity (Wildman–Crippen MR) is 97.1 cm³/mol. The molecule has 3 heterocycles. The average Bonchev–Trinajstić information content (AvgIpc) is 3.19. The van der Waals surface area contributed by atoms with Crippen molar-refractivity contribution in [2.24, 2.45) is 0 Å². The zero-order valence-corrected chi connectivity index (χ0v) is 16.3. The molecule has 1 aliphatic carbocycles. The molecule has 2 aliphatic heterocycles. The van der Waals surface area contributed by atoms with E-state index in [0.717, 1.165) is 18.5 Å². The second kappa shape index (κ2) is 6.22. The quantitative estimate of drug-likeness (QED) is 0.807. The van der Waals surface area contributed by atoms with Gasteiger partial charge in [0.2, 0.25) is 0 Å². The molecule has 2 fully saturated rings. The van der Waals surface area contributed by atoms with E-state index in [2.05, 4.69) is 5.10 Å². The average molecular weight is 376 g/mol. The number of piperidine rings is 1. The molecule has 1 atom stereocenters. The van der Waals surface area contributed by atoms with Gasteiger partial charge in [-0.3, -0.25) is 9.48 Å². The monoisotopic (exact) mass is 376 g/mol. The lowest BCUT2D eigenvalue weighted by Gasteiger charge is -2.39. The van der Waals surface area contributed by atoms with Crippen LogP contribution in [0.2, 0.25) is 0 Å². The zero-order chi connectivity index (χ0) is 19.4. The Hall–Kier alpha value is -2.09. The molecule has 1 saturated heterocycles. The molecular formula is C19H28N4O4. The molecule has 0 aromatic carbocycles. The summed E-state index contributed by atoms with van der Waals surface area (Å²) in [5.41, 5.74) is 0.591. The molecule has 0 radical (unpaired) electrons. The number of carbonyl (C=O) groups is 2. The van der Waals surface area contributed by atoms with E-state index >= 15 is 0 Å². The van der Waals surface area contributed by atoms with Crippen LogP contribution in [0.25, 0.3) is 0 Å². The van der Waals surface area contributed by atoms with E-state index in [1.54, 1.807) is 11.1 Å². The number of hydrogen-bond acceptors (Lipinski definition) is 5. The summed E-state index contributed by atoms with van der Waals surface area (Å²) in [5.74, 6) is -0.0355. The standard InChI is InChI=1S/C19H28N4O4/c1-18(2,3)27-17(26)21-8-9-23-15(12-21)14(11-20-23)16(25)22-7-4-13(24)10-19(22)5-6-19/h11,13,24H,4-10,12H2,1-3H3. The van der Waals surface area contributed by atoms with Crippen LogP contribution in [0.5, 0.6) is 0 Å². The minimum Gasteiger partial charge on any atom is -0.444 e. The molecule has 148 valence electrons. The number of rotatable bonds is 1. The van der Waals surface area contributed by atoms with Gasteiger partial charge in [0.1, 0.15) is 5.60 Å². The number of aliphatic hydroxyl groups is 1. The predicted octanol–water partition coefficient (Wildman–Crippen LogP) is 1.76. The van der Waals surface area contributed by atoms with Gasteiger partial charge in [-0.15, -0.1) is 0 Å². The summed E-state index contributed by atoms with van der Waals surface area (Å²) in [7, 11) is 0. The maximum atomic E-state index is 13.3. The molecule has 8 nitrogen and oxygen atoms in total. The minimum absolute atomic E-state index is 0.0355. The molecule has 27 heavy (non-hydrogen) atoms. The van der Waals surface area contributed by atoms with Gasteiger partial charge in [-0.05, 0) is 46.5 Å². The lowest BCUT2D eigenvalue weighted by Crippen LogP contribution is -2.50. The zero-order valence-electron chi connectivity index (χ0n) is 16.3. The Kier molecular flexibility index (Phi) is 4.21. The highest BCUT2D eigenvalue weighted by Gasteiger charge is 2.53. The van der Waals surface area contributed by atoms with Gasteiger partial charge in [0, 0.05) is 18.6 Å². The van der Waals surface area contributed by atoms with E-state index in [-0.39, 0.29) is 23.6 Å². The maximum absolute atomic E-state index is 13.3. The summed E-state index contributed by atoms with van der Waals surface area (Å²) in [5, 5.41) is 14.3. The molecule has 0 bridgehead atoms. The third kappa shape index (κ3) is 3.42. The van der Waals surface area contributed by atoms with Gasteiger partial charge in [-0.25, -0.2) is 4.79 Å². The summed E-state index contributed by atoms with van der Waals surface area (Å²) < 4.78 is 7.29. The first kappa shape index (κ1) is 18.3. The van der Waals surface area contributed by atoms with Crippen LogP contribution in [-0.4, -0.2) is 67.0 Å². The Labute approximate surface area is 159 Å². The molecular weight excluding hydrogens is 348 g/mol. The highest BCUT2D eigenvalue weighted by molar-refractivity contribution is 5.96. The van der Waals surface area contributed by atoms with Crippen molar-refractivity contribution in [3.8, 4) is 0 Å². The van der Waals surface area contributed by atoms with Crippen LogP contribution in [-0.2, 0) is 17.8 Å². The molecule has 1 aromatic heterocycles. The Balaban J connectivity index is 1.53. The Morgan fingerprint density at radius 2 is 2.00 bits per heavy atom. The molecule has 1 spiro atoms.